The number of aliphatic imine (C=N–C) groups is 1. The highest BCUT2D eigenvalue weighted by Crippen LogP contribution is 1.87. The van der Waals surface area contributed by atoms with Gasteiger partial charge in [-0.2, -0.15) is 0 Å². The van der Waals surface area contributed by atoms with Gasteiger partial charge >= 0.3 is 0 Å². The number of hydrogen-bond acceptors (Lipinski definition) is 1. The zero-order chi connectivity index (χ0) is 5.70. The maximum absolute atomic E-state index is 3.88. The van der Waals surface area contributed by atoms with Crippen molar-refractivity contribution in [2.24, 2.45) is 4.99 Å². The molecule has 41 valence electrons. The van der Waals surface area contributed by atoms with Gasteiger partial charge in [-0.1, -0.05) is 13.3 Å². The molecule has 0 unspecified atom stereocenters. The van der Waals surface area contributed by atoms with Crippen LogP contribution in [0, 0.1) is 6.92 Å². The summed E-state index contributed by atoms with van der Waals surface area (Å²) in [5.74, 6) is 0. The van der Waals surface area contributed by atoms with E-state index in [1.165, 1.54) is 0 Å². The van der Waals surface area contributed by atoms with Crippen LogP contribution in [0.2, 0.25) is 0 Å². The Bertz CT molecular complexity index is 64.6. The van der Waals surface area contributed by atoms with E-state index in [4.69, 9.17) is 0 Å². The van der Waals surface area contributed by atoms with E-state index in [-0.39, 0.29) is 0 Å². The van der Waals surface area contributed by atoms with Crippen LogP contribution in [0.4, 0.5) is 0 Å². The Morgan fingerprint density at radius 3 is 2.43 bits per heavy atom. The fraction of sp³-hybridized carbons (Fsp3) is 0.667. The lowest BCUT2D eigenvalue weighted by molar-refractivity contribution is 0.993. The second kappa shape index (κ2) is 3.85. The number of rotatable bonds is 2. The van der Waals surface area contributed by atoms with E-state index >= 15 is 0 Å². The van der Waals surface area contributed by atoms with Gasteiger partial charge in [-0.25, -0.2) is 0 Å². The Hall–Kier alpha value is -0.330. The molecule has 0 aliphatic carbocycles. The molecule has 0 amide bonds. The van der Waals surface area contributed by atoms with Gasteiger partial charge in [0.15, 0.2) is 0 Å². The summed E-state index contributed by atoms with van der Waals surface area (Å²) in [7, 11) is 1.78. The molecule has 1 nitrogen and oxygen atoms in total. The topological polar surface area (TPSA) is 12.4 Å². The first-order valence-corrected chi connectivity index (χ1v) is 2.59. The Labute approximate surface area is 45.5 Å². The van der Waals surface area contributed by atoms with Crippen molar-refractivity contribution >= 4 is 5.71 Å². The van der Waals surface area contributed by atoms with Crippen molar-refractivity contribution in [3.05, 3.63) is 6.92 Å². The largest absolute Gasteiger partial charge is 0.297 e. The average molecular weight is 98.2 g/mol. The van der Waals surface area contributed by atoms with Crippen LogP contribution in [-0.2, 0) is 0 Å². The third-order valence-electron chi connectivity index (χ3n) is 0.855. The molecule has 0 bridgehead atoms. The van der Waals surface area contributed by atoms with Crippen LogP contribution in [-0.4, -0.2) is 12.8 Å². The minimum atomic E-state index is 1.00. The molecule has 0 N–H and O–H groups in total. The van der Waals surface area contributed by atoms with Crippen LogP contribution in [0.25, 0.3) is 0 Å². The van der Waals surface area contributed by atoms with Crippen molar-refractivity contribution in [3.8, 4) is 0 Å². The van der Waals surface area contributed by atoms with E-state index in [0.29, 0.717) is 0 Å². The summed E-state index contributed by atoms with van der Waals surface area (Å²) in [4.78, 5) is 3.88. The molecule has 0 aromatic heterocycles. The molecular weight excluding hydrogens is 86.1 g/mol. The van der Waals surface area contributed by atoms with E-state index < -0.39 is 0 Å². The third-order valence-corrected chi connectivity index (χ3v) is 0.855. The summed E-state index contributed by atoms with van der Waals surface area (Å²) in [6.07, 6.45) is 2.19. The van der Waals surface area contributed by atoms with Crippen LogP contribution in [0.5, 0.6) is 0 Å². The van der Waals surface area contributed by atoms with Crippen LogP contribution in [0.3, 0.4) is 0 Å². The quantitative estimate of drug-likeness (QED) is 0.466. The molecular formula is C6H12N. The Morgan fingerprint density at radius 2 is 2.29 bits per heavy atom. The summed E-state index contributed by atoms with van der Waals surface area (Å²) >= 11 is 0. The first kappa shape index (κ1) is 6.67. The van der Waals surface area contributed by atoms with Crippen molar-refractivity contribution in [2.75, 3.05) is 7.05 Å². The smallest absolute Gasteiger partial charge is 0.0276 e. The monoisotopic (exact) mass is 98.1 g/mol. The van der Waals surface area contributed by atoms with Gasteiger partial charge in [-0.15, -0.1) is 0 Å². The molecule has 0 heterocycles. The predicted molar refractivity (Wildman–Crippen MR) is 33.6 cm³/mol. The SMILES string of the molecule is [CH2]/C(CCC)=N/C. The standard InChI is InChI=1S/C6H12N/c1-4-5-6(2)7-3/h2,4-5H2,1,3H3/b7-6-. The highest BCUT2D eigenvalue weighted by molar-refractivity contribution is 5.88. The highest BCUT2D eigenvalue weighted by atomic mass is 14.7. The molecule has 0 atom stereocenters. The Balaban J connectivity index is 3.17. The third kappa shape index (κ3) is 3.50. The molecule has 1 heteroatoms. The second-order valence-electron chi connectivity index (χ2n) is 1.54. The molecule has 0 saturated heterocycles. The van der Waals surface area contributed by atoms with Gasteiger partial charge in [0.1, 0.15) is 0 Å². The van der Waals surface area contributed by atoms with Crippen molar-refractivity contribution in [1.82, 2.24) is 0 Å². The van der Waals surface area contributed by atoms with Crippen molar-refractivity contribution in [3.63, 3.8) is 0 Å². The lowest BCUT2D eigenvalue weighted by Gasteiger charge is -1.89. The summed E-state index contributed by atoms with van der Waals surface area (Å²) in [6.45, 7) is 5.82. The van der Waals surface area contributed by atoms with Gasteiger partial charge in [0.2, 0.25) is 0 Å². The van der Waals surface area contributed by atoms with E-state index in [9.17, 15) is 0 Å². The minimum absolute atomic E-state index is 1.00. The molecule has 7 heavy (non-hydrogen) atoms. The van der Waals surface area contributed by atoms with Crippen LogP contribution in [0.1, 0.15) is 19.8 Å². The Morgan fingerprint density at radius 1 is 1.71 bits per heavy atom. The first-order chi connectivity index (χ1) is 3.31. The number of nitrogens with zero attached hydrogens (tertiary/aromatic N) is 1. The van der Waals surface area contributed by atoms with Crippen LogP contribution < -0.4 is 0 Å². The molecule has 0 aliphatic rings. The molecule has 0 aromatic carbocycles. The second-order valence-corrected chi connectivity index (χ2v) is 1.54. The first-order valence-electron chi connectivity index (χ1n) is 2.59. The zero-order valence-electron chi connectivity index (χ0n) is 5.07. The zero-order valence-corrected chi connectivity index (χ0v) is 5.07. The van der Waals surface area contributed by atoms with E-state index in [1.807, 2.05) is 0 Å². The lowest BCUT2D eigenvalue weighted by atomic mass is 10.2. The van der Waals surface area contributed by atoms with Gasteiger partial charge in [0.25, 0.3) is 0 Å². The van der Waals surface area contributed by atoms with Gasteiger partial charge in [-0.05, 0) is 13.3 Å². The van der Waals surface area contributed by atoms with Crippen molar-refractivity contribution in [1.29, 1.82) is 0 Å². The van der Waals surface area contributed by atoms with Gasteiger partial charge in [0, 0.05) is 12.8 Å². The summed E-state index contributed by atoms with van der Waals surface area (Å²) in [6, 6.07) is 0. The lowest BCUT2D eigenvalue weighted by Crippen LogP contribution is -1.87. The van der Waals surface area contributed by atoms with E-state index in [1.54, 1.807) is 7.05 Å². The molecule has 0 spiro atoms. The number of hydrogen-bond donors (Lipinski definition) is 0. The minimum Gasteiger partial charge on any atom is -0.297 e. The van der Waals surface area contributed by atoms with Crippen molar-refractivity contribution in [2.45, 2.75) is 19.8 Å². The molecule has 0 fully saturated rings. The van der Waals surface area contributed by atoms with E-state index in [0.717, 1.165) is 18.6 Å². The average Bonchev–Trinajstić information content (AvgIpc) is 1.68. The van der Waals surface area contributed by atoms with E-state index in [2.05, 4.69) is 18.8 Å². The Kier molecular flexibility index (Phi) is 3.67. The maximum Gasteiger partial charge on any atom is 0.0276 e. The molecule has 0 aromatic rings. The summed E-state index contributed by atoms with van der Waals surface area (Å²) in [5, 5.41) is 0. The summed E-state index contributed by atoms with van der Waals surface area (Å²) < 4.78 is 0. The normalized spacial score (nSPS) is 12.1. The highest BCUT2D eigenvalue weighted by Gasteiger charge is 1.82. The van der Waals surface area contributed by atoms with Crippen LogP contribution >= 0.6 is 0 Å². The molecule has 0 saturated carbocycles. The summed E-state index contributed by atoms with van der Waals surface area (Å²) in [5.41, 5.74) is 1.00. The molecule has 1 radical (unpaired) electrons. The fourth-order valence-electron chi connectivity index (χ4n) is 0.400. The van der Waals surface area contributed by atoms with Crippen LogP contribution in [0.15, 0.2) is 4.99 Å². The van der Waals surface area contributed by atoms with Gasteiger partial charge in [-0.3, -0.25) is 4.99 Å². The van der Waals surface area contributed by atoms with Gasteiger partial charge in [0.05, 0.1) is 0 Å². The van der Waals surface area contributed by atoms with Gasteiger partial charge < -0.3 is 0 Å². The fourth-order valence-corrected chi connectivity index (χ4v) is 0.400. The molecule has 0 rings (SSSR count). The maximum atomic E-state index is 3.88. The van der Waals surface area contributed by atoms with Crippen molar-refractivity contribution < 1.29 is 0 Å². The molecule has 0 aliphatic heterocycles. The predicted octanol–water partition coefficient (Wildman–Crippen LogP) is 1.69.